The molecule has 0 fully saturated rings. The van der Waals surface area contributed by atoms with Crippen molar-refractivity contribution in [2.45, 2.75) is 15.8 Å². The average molecular weight is 274 g/mol. The van der Waals surface area contributed by atoms with Crippen LogP contribution in [0.25, 0.3) is 0 Å². The summed E-state index contributed by atoms with van der Waals surface area (Å²) in [6, 6.07) is 5.69. The third-order valence-corrected chi connectivity index (χ3v) is 4.31. The lowest BCUT2D eigenvalue weighted by Crippen LogP contribution is -2.38. The fourth-order valence-corrected chi connectivity index (χ4v) is 2.55. The highest BCUT2D eigenvalue weighted by molar-refractivity contribution is 7.99. The van der Waals surface area contributed by atoms with Crippen LogP contribution in [0.3, 0.4) is 0 Å². The number of rotatable bonds is 5. The minimum absolute atomic E-state index is 0.265. The van der Waals surface area contributed by atoms with Crippen molar-refractivity contribution in [1.29, 1.82) is 0 Å². The summed E-state index contributed by atoms with van der Waals surface area (Å²) in [4.78, 5) is 11.8. The van der Waals surface area contributed by atoms with Crippen LogP contribution in [-0.4, -0.2) is 32.4 Å². The Morgan fingerprint density at radius 1 is 1.35 bits per heavy atom. The van der Waals surface area contributed by atoms with E-state index in [-0.39, 0.29) is 4.90 Å². The molecule has 1 amide bonds. The second-order valence-electron chi connectivity index (χ2n) is 3.56. The van der Waals surface area contributed by atoms with Crippen LogP contribution in [-0.2, 0) is 14.6 Å². The summed E-state index contributed by atoms with van der Waals surface area (Å²) >= 11 is 1.36. The number of nitrogens with two attached hydrogens (primary N) is 2. The summed E-state index contributed by atoms with van der Waals surface area (Å²) in [5.41, 5.74) is 10.5. The molecule has 94 valence electrons. The van der Waals surface area contributed by atoms with Gasteiger partial charge in [-0.05, 0) is 24.3 Å². The minimum atomic E-state index is -3.17. The molecule has 0 aromatic heterocycles. The second kappa shape index (κ2) is 5.52. The summed E-state index contributed by atoms with van der Waals surface area (Å²) in [5.74, 6) is -0.182. The van der Waals surface area contributed by atoms with Crippen LogP contribution >= 0.6 is 11.8 Å². The van der Waals surface area contributed by atoms with Gasteiger partial charge in [-0.15, -0.1) is 11.8 Å². The molecule has 0 aliphatic heterocycles. The molecule has 5 nitrogen and oxygen atoms in total. The first-order chi connectivity index (χ1) is 7.80. The van der Waals surface area contributed by atoms with Crippen LogP contribution in [0.15, 0.2) is 34.1 Å². The van der Waals surface area contributed by atoms with Crippen molar-refractivity contribution in [2.75, 3.05) is 12.0 Å². The van der Waals surface area contributed by atoms with Crippen LogP contribution in [0.4, 0.5) is 0 Å². The Bertz CT molecular complexity index is 497. The van der Waals surface area contributed by atoms with E-state index in [2.05, 4.69) is 0 Å². The Hall–Kier alpha value is -1.05. The number of primary amides is 1. The predicted octanol–water partition coefficient (Wildman–Crippen LogP) is -0.00520. The lowest BCUT2D eigenvalue weighted by molar-refractivity contribution is -0.118. The molecule has 1 aromatic carbocycles. The third kappa shape index (κ3) is 4.37. The molecule has 0 bridgehead atoms. The Labute approximate surface area is 104 Å². The summed E-state index contributed by atoms with van der Waals surface area (Å²) in [6.45, 7) is 0. The number of amides is 1. The van der Waals surface area contributed by atoms with Crippen molar-refractivity contribution in [3.05, 3.63) is 24.3 Å². The van der Waals surface area contributed by atoms with E-state index in [9.17, 15) is 13.2 Å². The van der Waals surface area contributed by atoms with Crippen molar-refractivity contribution in [2.24, 2.45) is 11.5 Å². The summed E-state index contributed by atoms with van der Waals surface area (Å²) in [7, 11) is -3.17. The van der Waals surface area contributed by atoms with Crippen molar-refractivity contribution < 1.29 is 13.2 Å². The highest BCUT2D eigenvalue weighted by Crippen LogP contribution is 2.20. The highest BCUT2D eigenvalue weighted by Gasteiger charge is 2.10. The first kappa shape index (κ1) is 14.0. The molecule has 0 spiro atoms. The molecular weight excluding hydrogens is 260 g/mol. The van der Waals surface area contributed by atoms with E-state index in [1.54, 1.807) is 12.1 Å². The van der Waals surface area contributed by atoms with E-state index in [1.165, 1.54) is 23.9 Å². The Kier molecular flexibility index (Phi) is 4.55. The van der Waals surface area contributed by atoms with Gasteiger partial charge in [0.2, 0.25) is 5.91 Å². The molecule has 1 unspecified atom stereocenters. The van der Waals surface area contributed by atoms with Crippen molar-refractivity contribution in [3.8, 4) is 0 Å². The van der Waals surface area contributed by atoms with Crippen molar-refractivity contribution in [1.82, 2.24) is 0 Å². The molecule has 0 heterocycles. The zero-order chi connectivity index (χ0) is 13.1. The van der Waals surface area contributed by atoms with E-state index in [0.717, 1.165) is 11.2 Å². The molecule has 0 saturated carbocycles. The quantitative estimate of drug-likeness (QED) is 0.735. The lowest BCUT2D eigenvalue weighted by Gasteiger charge is -2.07. The number of carbonyl (C=O) groups is 1. The molecule has 0 saturated heterocycles. The van der Waals surface area contributed by atoms with Gasteiger partial charge in [0, 0.05) is 16.9 Å². The molecule has 7 heteroatoms. The maximum Gasteiger partial charge on any atom is 0.235 e. The van der Waals surface area contributed by atoms with Crippen molar-refractivity contribution >= 4 is 27.5 Å². The van der Waals surface area contributed by atoms with Crippen LogP contribution < -0.4 is 11.5 Å². The molecule has 0 aliphatic rings. The van der Waals surface area contributed by atoms with Gasteiger partial charge >= 0.3 is 0 Å². The summed E-state index contributed by atoms with van der Waals surface area (Å²) < 4.78 is 22.4. The van der Waals surface area contributed by atoms with E-state index < -0.39 is 21.8 Å². The van der Waals surface area contributed by atoms with E-state index >= 15 is 0 Å². The maximum absolute atomic E-state index is 11.2. The molecular formula is C10H14N2O3S2. The minimum Gasteiger partial charge on any atom is -0.368 e. The zero-order valence-electron chi connectivity index (χ0n) is 9.29. The number of thioether (sulfide) groups is 1. The zero-order valence-corrected chi connectivity index (χ0v) is 10.9. The highest BCUT2D eigenvalue weighted by atomic mass is 32.2. The number of carbonyl (C=O) groups excluding carboxylic acids is 1. The average Bonchev–Trinajstić information content (AvgIpc) is 2.25. The SMILES string of the molecule is CS(=O)(=O)c1ccc(SCC(N)C(N)=O)cc1. The number of benzene rings is 1. The van der Waals surface area contributed by atoms with Gasteiger partial charge in [-0.25, -0.2) is 8.42 Å². The van der Waals surface area contributed by atoms with Gasteiger partial charge < -0.3 is 11.5 Å². The number of sulfone groups is 1. The summed E-state index contributed by atoms with van der Waals surface area (Å²) in [5, 5.41) is 0. The molecule has 0 radical (unpaired) electrons. The fourth-order valence-electron chi connectivity index (χ4n) is 1.05. The van der Waals surface area contributed by atoms with E-state index in [4.69, 9.17) is 11.5 Å². The van der Waals surface area contributed by atoms with Crippen LogP contribution in [0, 0.1) is 0 Å². The molecule has 1 atom stereocenters. The molecule has 0 aliphatic carbocycles. The molecule has 4 N–H and O–H groups in total. The molecule has 1 rings (SSSR count). The Morgan fingerprint density at radius 3 is 2.29 bits per heavy atom. The van der Waals surface area contributed by atoms with Gasteiger partial charge in [-0.2, -0.15) is 0 Å². The van der Waals surface area contributed by atoms with Gasteiger partial charge in [0.1, 0.15) is 0 Å². The normalized spacial score (nSPS) is 13.3. The predicted molar refractivity (Wildman–Crippen MR) is 67.4 cm³/mol. The third-order valence-electron chi connectivity index (χ3n) is 2.05. The smallest absolute Gasteiger partial charge is 0.235 e. The monoisotopic (exact) mass is 274 g/mol. The lowest BCUT2D eigenvalue weighted by atomic mass is 10.3. The number of hydrogen-bond donors (Lipinski definition) is 2. The Morgan fingerprint density at radius 2 is 1.88 bits per heavy atom. The van der Waals surface area contributed by atoms with Gasteiger partial charge in [0.05, 0.1) is 10.9 Å². The topological polar surface area (TPSA) is 103 Å². The van der Waals surface area contributed by atoms with Gasteiger partial charge in [0.25, 0.3) is 0 Å². The van der Waals surface area contributed by atoms with E-state index in [1.807, 2.05) is 0 Å². The van der Waals surface area contributed by atoms with Crippen molar-refractivity contribution in [3.63, 3.8) is 0 Å². The van der Waals surface area contributed by atoms with Gasteiger partial charge in [-0.1, -0.05) is 0 Å². The largest absolute Gasteiger partial charge is 0.368 e. The van der Waals surface area contributed by atoms with Crippen LogP contribution in [0.5, 0.6) is 0 Å². The standard InChI is InChI=1S/C10H14N2O3S2/c1-17(14,15)8-4-2-7(3-5-8)16-6-9(11)10(12)13/h2-5,9H,6,11H2,1H3,(H2,12,13). The first-order valence-corrected chi connectivity index (χ1v) is 7.66. The summed E-state index contributed by atoms with van der Waals surface area (Å²) in [6.07, 6.45) is 1.15. The fraction of sp³-hybridized carbons (Fsp3) is 0.300. The van der Waals surface area contributed by atoms with E-state index in [0.29, 0.717) is 5.75 Å². The maximum atomic E-state index is 11.2. The Balaban J connectivity index is 2.67. The van der Waals surface area contributed by atoms with Crippen LogP contribution in [0.2, 0.25) is 0 Å². The van der Waals surface area contributed by atoms with Crippen LogP contribution in [0.1, 0.15) is 0 Å². The van der Waals surface area contributed by atoms with Gasteiger partial charge in [-0.3, -0.25) is 4.79 Å². The number of hydrogen-bond acceptors (Lipinski definition) is 5. The second-order valence-corrected chi connectivity index (χ2v) is 6.67. The molecule has 17 heavy (non-hydrogen) atoms. The van der Waals surface area contributed by atoms with Gasteiger partial charge in [0.15, 0.2) is 9.84 Å². The molecule has 1 aromatic rings. The first-order valence-electron chi connectivity index (χ1n) is 4.78.